The summed E-state index contributed by atoms with van der Waals surface area (Å²) in [7, 11) is -3.37. The largest absolute Gasteiger partial charge is 0.313 e. The van der Waals surface area contributed by atoms with E-state index in [0.29, 0.717) is 16.2 Å². The average Bonchev–Trinajstić information content (AvgIpc) is 2.74. The molecule has 0 atom stereocenters. The molecule has 4 aromatic rings. The standard InChI is InChI=1S/C11H12N2O3S.C11H12N2OS/c1-7(2)17(15,16)8-3-4-10-9(5-8)11(14)13-6-12-10;1-7(2)15-8-3-4-10-9(5-8)11(14)13-6-12-10/h3-7H,1-2H3,(H,12,13,14);3-7H,1-2H3,(H,12,13,14). The van der Waals surface area contributed by atoms with Gasteiger partial charge in [-0.05, 0) is 50.2 Å². The molecular formula is C22H24N4O4S2. The molecule has 168 valence electrons. The van der Waals surface area contributed by atoms with E-state index >= 15 is 0 Å². The molecule has 32 heavy (non-hydrogen) atoms. The fourth-order valence-electron chi connectivity index (χ4n) is 2.89. The van der Waals surface area contributed by atoms with Crippen molar-refractivity contribution in [1.29, 1.82) is 0 Å². The van der Waals surface area contributed by atoms with E-state index in [1.165, 1.54) is 24.8 Å². The van der Waals surface area contributed by atoms with E-state index in [2.05, 4.69) is 33.8 Å². The van der Waals surface area contributed by atoms with Crippen molar-refractivity contribution in [3.8, 4) is 0 Å². The summed E-state index contributed by atoms with van der Waals surface area (Å²) in [6.45, 7) is 7.46. The zero-order chi connectivity index (χ0) is 23.5. The van der Waals surface area contributed by atoms with Crippen LogP contribution in [0.15, 0.2) is 68.4 Å². The SMILES string of the molecule is CC(C)S(=O)(=O)c1ccc2nc[nH]c(=O)c2c1.CC(C)Sc1ccc2nc[nH]c(=O)c2c1. The van der Waals surface area contributed by atoms with Gasteiger partial charge in [0.05, 0.1) is 44.6 Å². The summed E-state index contributed by atoms with van der Waals surface area (Å²) < 4.78 is 23.9. The maximum absolute atomic E-state index is 12.0. The van der Waals surface area contributed by atoms with Gasteiger partial charge in [0.15, 0.2) is 9.84 Å². The zero-order valence-corrected chi connectivity index (χ0v) is 19.8. The van der Waals surface area contributed by atoms with Gasteiger partial charge in [-0.1, -0.05) is 13.8 Å². The highest BCUT2D eigenvalue weighted by Crippen LogP contribution is 2.24. The second-order valence-corrected chi connectivity index (χ2v) is 11.7. The maximum atomic E-state index is 12.0. The number of fused-ring (bicyclic) bond motifs is 2. The Morgan fingerprint density at radius 1 is 0.812 bits per heavy atom. The molecule has 0 aliphatic carbocycles. The van der Waals surface area contributed by atoms with Gasteiger partial charge < -0.3 is 9.97 Å². The number of aromatic amines is 2. The van der Waals surface area contributed by atoms with Crippen LogP contribution in [0.3, 0.4) is 0 Å². The number of hydrogen-bond acceptors (Lipinski definition) is 7. The Labute approximate surface area is 189 Å². The lowest BCUT2D eigenvalue weighted by Gasteiger charge is -2.07. The second kappa shape index (κ2) is 9.66. The van der Waals surface area contributed by atoms with E-state index in [-0.39, 0.29) is 21.4 Å². The lowest BCUT2D eigenvalue weighted by molar-refractivity contribution is 0.587. The Balaban J connectivity index is 0.000000182. The third-order valence-corrected chi connectivity index (χ3v) is 7.69. The van der Waals surface area contributed by atoms with Gasteiger partial charge in [-0.3, -0.25) is 9.59 Å². The average molecular weight is 473 g/mol. The Bertz CT molecular complexity index is 1470. The van der Waals surface area contributed by atoms with Gasteiger partial charge >= 0.3 is 0 Å². The summed E-state index contributed by atoms with van der Waals surface area (Å²) in [4.78, 5) is 37.4. The number of hydrogen-bond donors (Lipinski definition) is 2. The molecule has 0 unspecified atom stereocenters. The topological polar surface area (TPSA) is 126 Å². The molecule has 2 heterocycles. The third kappa shape index (κ3) is 5.25. The highest BCUT2D eigenvalue weighted by molar-refractivity contribution is 7.99. The first-order chi connectivity index (χ1) is 15.1. The first-order valence-corrected chi connectivity index (χ1v) is 12.4. The second-order valence-electron chi connectivity index (χ2n) is 7.58. The number of H-pyrrole nitrogens is 2. The number of nitrogens with one attached hydrogen (secondary N) is 2. The smallest absolute Gasteiger partial charge is 0.258 e. The predicted molar refractivity (Wildman–Crippen MR) is 128 cm³/mol. The van der Waals surface area contributed by atoms with E-state index < -0.39 is 15.1 Å². The van der Waals surface area contributed by atoms with Crippen molar-refractivity contribution in [2.45, 2.75) is 48.0 Å². The highest BCUT2D eigenvalue weighted by Gasteiger charge is 2.19. The van der Waals surface area contributed by atoms with Gasteiger partial charge in [-0.2, -0.15) is 0 Å². The van der Waals surface area contributed by atoms with Gasteiger partial charge in [0, 0.05) is 10.1 Å². The van der Waals surface area contributed by atoms with Crippen molar-refractivity contribution in [2.75, 3.05) is 0 Å². The van der Waals surface area contributed by atoms with Gasteiger partial charge in [0.2, 0.25) is 0 Å². The minimum atomic E-state index is -3.37. The predicted octanol–water partition coefficient (Wildman–Crippen LogP) is 3.53. The van der Waals surface area contributed by atoms with Gasteiger partial charge in [-0.25, -0.2) is 18.4 Å². The molecule has 2 aromatic carbocycles. The molecule has 0 amide bonds. The maximum Gasteiger partial charge on any atom is 0.258 e. The fraction of sp³-hybridized carbons (Fsp3) is 0.273. The minimum absolute atomic E-state index is 0.0776. The van der Waals surface area contributed by atoms with Crippen molar-refractivity contribution in [3.63, 3.8) is 0 Å². The summed E-state index contributed by atoms with van der Waals surface area (Å²) in [5.41, 5.74) is 0.810. The molecule has 2 N–H and O–H groups in total. The molecule has 0 aliphatic rings. The summed E-state index contributed by atoms with van der Waals surface area (Å²) in [5, 5.41) is 0.936. The van der Waals surface area contributed by atoms with Crippen molar-refractivity contribution in [2.24, 2.45) is 0 Å². The summed E-state index contributed by atoms with van der Waals surface area (Å²) in [6.07, 6.45) is 2.72. The Kier molecular flexibility index (Phi) is 7.15. The molecule has 0 saturated carbocycles. The van der Waals surface area contributed by atoms with Gasteiger partial charge in [0.1, 0.15) is 0 Å². The lowest BCUT2D eigenvalue weighted by atomic mass is 10.2. The third-order valence-electron chi connectivity index (χ3n) is 4.54. The van der Waals surface area contributed by atoms with Crippen LogP contribution in [0.1, 0.15) is 27.7 Å². The lowest BCUT2D eigenvalue weighted by Crippen LogP contribution is -2.15. The molecule has 0 saturated heterocycles. The van der Waals surface area contributed by atoms with Gasteiger partial charge in [0.25, 0.3) is 11.1 Å². The fourth-order valence-corrected chi connectivity index (χ4v) is 4.85. The van der Waals surface area contributed by atoms with Crippen molar-refractivity contribution < 1.29 is 8.42 Å². The van der Waals surface area contributed by atoms with E-state index in [9.17, 15) is 18.0 Å². The molecule has 0 aliphatic heterocycles. The van der Waals surface area contributed by atoms with E-state index in [1.54, 1.807) is 31.7 Å². The van der Waals surface area contributed by atoms with Crippen LogP contribution in [0.4, 0.5) is 0 Å². The van der Waals surface area contributed by atoms with Crippen molar-refractivity contribution >= 4 is 43.4 Å². The van der Waals surface area contributed by atoms with Crippen LogP contribution in [0.25, 0.3) is 21.8 Å². The van der Waals surface area contributed by atoms with E-state index in [0.717, 1.165) is 10.4 Å². The number of nitrogens with zero attached hydrogens (tertiary/aromatic N) is 2. The summed E-state index contributed by atoms with van der Waals surface area (Å²) >= 11 is 1.74. The van der Waals surface area contributed by atoms with Crippen LogP contribution in [0.5, 0.6) is 0 Å². The summed E-state index contributed by atoms with van der Waals surface area (Å²) in [6, 6.07) is 10.2. The molecule has 0 spiro atoms. The Morgan fingerprint density at radius 3 is 1.88 bits per heavy atom. The number of thioether (sulfide) groups is 1. The van der Waals surface area contributed by atoms with Crippen LogP contribution in [0.2, 0.25) is 0 Å². The number of benzene rings is 2. The summed E-state index contributed by atoms with van der Waals surface area (Å²) in [5.74, 6) is 0. The van der Waals surface area contributed by atoms with E-state index in [1.807, 2.05) is 18.2 Å². The molecule has 8 nitrogen and oxygen atoms in total. The molecule has 0 radical (unpaired) electrons. The number of rotatable bonds is 4. The monoisotopic (exact) mass is 472 g/mol. The van der Waals surface area contributed by atoms with Crippen molar-refractivity contribution in [1.82, 2.24) is 19.9 Å². The van der Waals surface area contributed by atoms with Gasteiger partial charge in [-0.15, -0.1) is 11.8 Å². The van der Waals surface area contributed by atoms with Crippen LogP contribution >= 0.6 is 11.8 Å². The first kappa shape index (κ1) is 23.7. The van der Waals surface area contributed by atoms with Crippen LogP contribution in [0, 0.1) is 0 Å². The molecule has 0 fully saturated rings. The van der Waals surface area contributed by atoms with Crippen LogP contribution in [-0.2, 0) is 9.84 Å². The Hall–Kier alpha value is -2.98. The normalized spacial score (nSPS) is 11.7. The molecule has 0 bridgehead atoms. The molecule has 2 aromatic heterocycles. The Morgan fingerprint density at radius 2 is 1.34 bits per heavy atom. The molecule has 10 heteroatoms. The molecule has 4 rings (SSSR count). The minimum Gasteiger partial charge on any atom is -0.313 e. The van der Waals surface area contributed by atoms with E-state index in [4.69, 9.17) is 0 Å². The zero-order valence-electron chi connectivity index (χ0n) is 18.1. The number of sulfone groups is 1. The van der Waals surface area contributed by atoms with Crippen LogP contribution < -0.4 is 11.1 Å². The van der Waals surface area contributed by atoms with Crippen molar-refractivity contribution in [3.05, 3.63) is 69.8 Å². The highest BCUT2D eigenvalue weighted by atomic mass is 32.2. The quantitative estimate of drug-likeness (QED) is 0.435. The molecular weight excluding hydrogens is 448 g/mol. The number of aromatic nitrogens is 4. The first-order valence-electron chi connectivity index (χ1n) is 9.95. The van der Waals surface area contributed by atoms with Crippen LogP contribution in [-0.4, -0.2) is 38.9 Å².